The van der Waals surface area contributed by atoms with Crippen LogP contribution in [0.25, 0.3) is 11.3 Å². The minimum Gasteiger partial charge on any atom is -0.392 e. The van der Waals surface area contributed by atoms with Gasteiger partial charge in [0.25, 0.3) is 0 Å². The van der Waals surface area contributed by atoms with Crippen LogP contribution in [0.15, 0.2) is 121 Å². The first-order chi connectivity index (χ1) is 27.1. The maximum absolute atomic E-state index is 15.0. The molecule has 0 radical (unpaired) electrons. The van der Waals surface area contributed by atoms with Crippen molar-refractivity contribution in [1.29, 1.82) is 0 Å². The van der Waals surface area contributed by atoms with E-state index in [0.29, 0.717) is 5.92 Å². The Bertz CT molecular complexity index is 1950. The highest BCUT2D eigenvalue weighted by molar-refractivity contribution is 6.10. The number of fused-ring (bicyclic) bond motifs is 1. The van der Waals surface area contributed by atoms with E-state index in [9.17, 15) is 0 Å². The number of aliphatic imine (C=N–C) groups is 1. The van der Waals surface area contributed by atoms with Crippen LogP contribution in [0.2, 0.25) is 0 Å². The molecule has 3 aliphatic rings. The van der Waals surface area contributed by atoms with Crippen molar-refractivity contribution in [2.24, 2.45) is 10.7 Å². The van der Waals surface area contributed by atoms with Gasteiger partial charge in [-0.15, -0.1) is 6.58 Å². The number of allylic oxidation sites excluding steroid dienone is 3. The number of hydrogen-bond donors (Lipinski definition) is 3. The molecular weight excluding hydrogens is 692 g/mol. The predicted octanol–water partition coefficient (Wildman–Crippen LogP) is 10.1. The van der Waals surface area contributed by atoms with E-state index in [1.165, 1.54) is 48.8 Å². The van der Waals surface area contributed by atoms with Crippen LogP contribution in [0.3, 0.4) is 0 Å². The topological polar surface area (TPSA) is 68.9 Å². The van der Waals surface area contributed by atoms with Gasteiger partial charge in [0.2, 0.25) is 0 Å². The van der Waals surface area contributed by atoms with Gasteiger partial charge in [-0.3, -0.25) is 0 Å². The zero-order chi connectivity index (χ0) is 39.6. The first kappa shape index (κ1) is 40.9. The summed E-state index contributed by atoms with van der Waals surface area (Å²) in [4.78, 5) is 9.99. The molecule has 1 saturated heterocycles. The number of piperidine rings is 1. The Morgan fingerprint density at radius 2 is 1.79 bits per heavy atom. The molecule has 7 heteroatoms. The van der Waals surface area contributed by atoms with Crippen LogP contribution in [-0.2, 0) is 13.0 Å². The highest BCUT2D eigenvalue weighted by atomic mass is 19.1. The summed E-state index contributed by atoms with van der Waals surface area (Å²) in [6, 6.07) is 22.6. The number of hydrogen-bond acceptors (Lipinski definition) is 6. The Kier molecular flexibility index (Phi) is 14.2. The number of aryl methyl sites for hydroxylation is 1. The fraction of sp³-hybridized carbons (Fsp3) is 0.408. The lowest BCUT2D eigenvalue weighted by atomic mass is 9.85. The standard InChI is InChI=1S/C49H63FN6/c1-7-43(23-22-34(2)52-6)56-33-46-44(37(56)5)31-42(50)32-45(46)39-24-27-55(28-25-39)26-15-10-8-9-12-17-38-18-16-21-41(30-38)47-29-35(3)53-49(54-47)48(36(4)51)40-19-13-11-14-20-40/h7,11,13-14,16,18-21,29-32,36,39,43,52-53H,1-2,5,8-10,12,15,17,22-28,33,51H2,3-4,6H3/b49-48-. The molecular formula is C49H63FN6. The maximum atomic E-state index is 15.0. The Balaban J connectivity index is 0.941. The monoisotopic (exact) mass is 755 g/mol. The van der Waals surface area contributed by atoms with Crippen LogP contribution in [0.4, 0.5) is 4.39 Å². The third kappa shape index (κ3) is 10.2. The van der Waals surface area contributed by atoms with Gasteiger partial charge in [-0.2, -0.15) is 0 Å². The van der Waals surface area contributed by atoms with Crippen molar-refractivity contribution in [2.45, 2.75) is 103 Å². The molecule has 0 aliphatic carbocycles. The van der Waals surface area contributed by atoms with Crippen LogP contribution in [0.1, 0.15) is 111 Å². The van der Waals surface area contributed by atoms with Crippen molar-refractivity contribution in [1.82, 2.24) is 20.4 Å². The molecule has 2 unspecified atom stereocenters. The smallest absolute Gasteiger partial charge is 0.136 e. The molecule has 3 aliphatic heterocycles. The molecule has 0 spiro atoms. The van der Waals surface area contributed by atoms with Crippen molar-refractivity contribution in [3.8, 4) is 0 Å². The Labute approximate surface area is 335 Å². The Morgan fingerprint density at radius 1 is 1.04 bits per heavy atom. The predicted molar refractivity (Wildman–Crippen MR) is 234 cm³/mol. The average Bonchev–Trinajstić information content (AvgIpc) is 3.53. The fourth-order valence-corrected chi connectivity index (χ4v) is 8.71. The molecule has 56 heavy (non-hydrogen) atoms. The second-order valence-corrected chi connectivity index (χ2v) is 16.0. The van der Waals surface area contributed by atoms with E-state index >= 15 is 4.39 Å². The van der Waals surface area contributed by atoms with Crippen LogP contribution in [-0.4, -0.2) is 54.3 Å². The number of likely N-dealkylation sites (tertiary alicyclic amines) is 1. The van der Waals surface area contributed by atoms with Gasteiger partial charge < -0.3 is 26.2 Å². The van der Waals surface area contributed by atoms with Crippen LogP contribution in [0.5, 0.6) is 0 Å². The Morgan fingerprint density at radius 3 is 2.52 bits per heavy atom. The molecule has 2 atom stereocenters. The summed E-state index contributed by atoms with van der Waals surface area (Å²) in [7, 11) is 1.91. The van der Waals surface area contributed by atoms with Gasteiger partial charge in [0.15, 0.2) is 0 Å². The highest BCUT2D eigenvalue weighted by Gasteiger charge is 2.32. The van der Waals surface area contributed by atoms with E-state index in [1.807, 2.05) is 38.2 Å². The number of rotatable bonds is 18. The molecule has 3 heterocycles. The van der Waals surface area contributed by atoms with Crippen molar-refractivity contribution >= 4 is 17.0 Å². The van der Waals surface area contributed by atoms with E-state index in [1.54, 1.807) is 12.1 Å². The highest BCUT2D eigenvalue weighted by Crippen LogP contribution is 2.42. The van der Waals surface area contributed by atoms with Crippen LogP contribution in [0, 0.1) is 5.82 Å². The molecule has 4 N–H and O–H groups in total. The quantitative estimate of drug-likeness (QED) is 0.0892. The third-order valence-corrected chi connectivity index (χ3v) is 11.9. The molecule has 0 saturated carbocycles. The van der Waals surface area contributed by atoms with Gasteiger partial charge in [0, 0.05) is 59.5 Å². The lowest BCUT2D eigenvalue weighted by molar-refractivity contribution is 0.207. The summed E-state index contributed by atoms with van der Waals surface area (Å²) in [5.74, 6) is 1.06. The molecule has 0 amide bonds. The average molecular weight is 755 g/mol. The summed E-state index contributed by atoms with van der Waals surface area (Å²) >= 11 is 0. The number of nitrogens with two attached hydrogens (primary N) is 1. The van der Waals surface area contributed by atoms with E-state index in [2.05, 4.69) is 89.6 Å². The van der Waals surface area contributed by atoms with Gasteiger partial charge in [-0.05, 0) is 131 Å². The largest absolute Gasteiger partial charge is 0.392 e. The van der Waals surface area contributed by atoms with Crippen molar-refractivity contribution in [2.75, 3.05) is 26.7 Å². The first-order valence-corrected chi connectivity index (χ1v) is 20.8. The second-order valence-electron chi connectivity index (χ2n) is 16.0. The molecule has 0 aromatic heterocycles. The zero-order valence-corrected chi connectivity index (χ0v) is 34.1. The lowest BCUT2D eigenvalue weighted by Crippen LogP contribution is -2.34. The molecule has 3 aromatic carbocycles. The van der Waals surface area contributed by atoms with E-state index in [4.69, 9.17) is 10.7 Å². The molecule has 0 bridgehead atoms. The van der Waals surface area contributed by atoms with Gasteiger partial charge in [-0.1, -0.05) is 87.0 Å². The van der Waals surface area contributed by atoms with Crippen molar-refractivity contribution < 1.29 is 4.39 Å². The van der Waals surface area contributed by atoms with Gasteiger partial charge >= 0.3 is 0 Å². The van der Waals surface area contributed by atoms with Crippen molar-refractivity contribution in [3.05, 3.63) is 155 Å². The number of unbranched alkanes of at least 4 members (excludes halogenated alkanes) is 4. The minimum atomic E-state index is -0.160. The second kappa shape index (κ2) is 19.4. The van der Waals surface area contributed by atoms with Crippen LogP contribution < -0.4 is 16.4 Å². The SMILES string of the molecule is C=CC(CCC(=C)NC)N1Cc2c(cc(F)cc2C2CCN(CCCCCCCc3cccc(C4=N/C(=C(\c5ccccc5)C(C)N)NC(C)=C4)c3)CC2)C1=C. The number of nitrogens with one attached hydrogen (secondary N) is 2. The number of nitrogens with zero attached hydrogens (tertiary/aromatic N) is 3. The van der Waals surface area contributed by atoms with E-state index < -0.39 is 0 Å². The zero-order valence-electron chi connectivity index (χ0n) is 34.1. The van der Waals surface area contributed by atoms with Crippen molar-refractivity contribution in [3.63, 3.8) is 0 Å². The fourth-order valence-electron chi connectivity index (χ4n) is 8.71. The number of benzene rings is 3. The summed E-state index contributed by atoms with van der Waals surface area (Å²) < 4.78 is 15.0. The maximum Gasteiger partial charge on any atom is 0.136 e. The molecule has 6 rings (SSSR count). The minimum absolute atomic E-state index is 0.137. The molecule has 3 aromatic rings. The first-order valence-electron chi connectivity index (χ1n) is 20.8. The van der Waals surface area contributed by atoms with Gasteiger partial charge in [0.1, 0.15) is 11.6 Å². The van der Waals surface area contributed by atoms with E-state index in [-0.39, 0.29) is 17.9 Å². The molecule has 6 nitrogen and oxygen atoms in total. The summed E-state index contributed by atoms with van der Waals surface area (Å²) in [6.45, 7) is 20.8. The summed E-state index contributed by atoms with van der Waals surface area (Å²) in [5, 5.41) is 6.61. The van der Waals surface area contributed by atoms with Gasteiger partial charge in [0.05, 0.1) is 5.71 Å². The van der Waals surface area contributed by atoms with Gasteiger partial charge in [-0.25, -0.2) is 9.38 Å². The number of halogens is 1. The Hall–Kier alpha value is -4.72. The third-order valence-electron chi connectivity index (χ3n) is 11.9. The van der Waals surface area contributed by atoms with E-state index in [0.717, 1.165) is 109 Å². The van der Waals surface area contributed by atoms with Crippen LogP contribution >= 0.6 is 0 Å². The summed E-state index contributed by atoms with van der Waals surface area (Å²) in [5.41, 5.74) is 18.4. The normalized spacial score (nSPS) is 18.1. The lowest BCUT2D eigenvalue weighted by Gasteiger charge is -2.33. The molecule has 1 fully saturated rings. The summed E-state index contributed by atoms with van der Waals surface area (Å²) in [6.07, 6.45) is 15.3. The molecule has 296 valence electrons.